The summed E-state index contributed by atoms with van der Waals surface area (Å²) in [7, 11) is 0. The quantitative estimate of drug-likeness (QED) is 0.581. The Morgan fingerprint density at radius 3 is 2.56 bits per heavy atom. The monoisotopic (exact) mass is 240 g/mol. The van der Waals surface area contributed by atoms with Crippen LogP contribution in [0.4, 0.5) is 13.2 Å². The fourth-order valence-corrected chi connectivity index (χ4v) is 0.823. The van der Waals surface area contributed by atoms with Crippen molar-refractivity contribution in [1.82, 2.24) is 10.6 Å². The Morgan fingerprint density at radius 1 is 1.56 bits per heavy atom. The molecule has 0 fully saturated rings. The molecule has 2 unspecified atom stereocenters. The Morgan fingerprint density at radius 2 is 2.12 bits per heavy atom. The fourth-order valence-electron chi connectivity index (χ4n) is 0.823. The summed E-state index contributed by atoms with van der Waals surface area (Å²) >= 11 is 0. The zero-order chi connectivity index (χ0) is 12.8. The van der Waals surface area contributed by atoms with E-state index in [1.165, 1.54) is 13.0 Å². The number of halogens is 3. The second-order valence-electron chi connectivity index (χ2n) is 3.22. The van der Waals surface area contributed by atoms with Gasteiger partial charge in [0.1, 0.15) is 0 Å². The molecule has 0 radical (unpaired) electrons. The molecular weight excluding hydrogens is 225 g/mol. The van der Waals surface area contributed by atoms with E-state index in [1.807, 2.05) is 0 Å². The molecule has 0 aliphatic heterocycles. The van der Waals surface area contributed by atoms with Gasteiger partial charge in [0, 0.05) is 13.1 Å². The summed E-state index contributed by atoms with van der Waals surface area (Å²) < 4.78 is 35.7. The molecule has 0 saturated heterocycles. The lowest BCUT2D eigenvalue weighted by Crippen LogP contribution is -2.47. The summed E-state index contributed by atoms with van der Waals surface area (Å²) in [5.41, 5.74) is 0. The number of nitrogens with one attached hydrogen (secondary N) is 2. The van der Waals surface area contributed by atoms with Gasteiger partial charge in [0.25, 0.3) is 0 Å². The zero-order valence-electron chi connectivity index (χ0n) is 8.84. The predicted octanol–water partition coefficient (Wildman–Crippen LogP) is 0.190. The maximum absolute atomic E-state index is 11.9. The molecule has 0 rings (SSSR count). The second-order valence-corrected chi connectivity index (χ2v) is 3.22. The lowest BCUT2D eigenvalue weighted by Gasteiger charge is -2.18. The first-order valence-electron chi connectivity index (χ1n) is 4.65. The van der Waals surface area contributed by atoms with Gasteiger partial charge < -0.3 is 15.7 Å². The highest BCUT2D eigenvalue weighted by Crippen LogP contribution is 2.19. The molecule has 0 saturated carbocycles. The minimum absolute atomic E-state index is 0.243. The minimum Gasteiger partial charge on any atom is -0.382 e. The predicted molar refractivity (Wildman–Crippen MR) is 52.7 cm³/mol. The first-order valence-corrected chi connectivity index (χ1v) is 4.65. The summed E-state index contributed by atoms with van der Waals surface area (Å²) in [5, 5.41) is 13.4. The number of alkyl halides is 3. The minimum atomic E-state index is -4.68. The molecule has 0 bridgehead atoms. The molecule has 94 valence electrons. The van der Waals surface area contributed by atoms with Crippen LogP contribution in [0.25, 0.3) is 0 Å². The van der Waals surface area contributed by atoms with Crippen LogP contribution in [0.15, 0.2) is 12.7 Å². The number of aliphatic hydroxyl groups is 1. The molecule has 4 nitrogen and oxygen atoms in total. The van der Waals surface area contributed by atoms with Crippen molar-refractivity contribution in [2.24, 2.45) is 0 Å². The van der Waals surface area contributed by atoms with E-state index in [9.17, 15) is 18.0 Å². The van der Waals surface area contributed by atoms with E-state index in [0.29, 0.717) is 0 Å². The van der Waals surface area contributed by atoms with Gasteiger partial charge in [0.05, 0.1) is 6.04 Å². The van der Waals surface area contributed by atoms with Crippen molar-refractivity contribution in [3.63, 3.8) is 0 Å². The SMILES string of the molecule is C=CCNC(=O)C(C)NCC(O)C(F)(F)F. The lowest BCUT2D eigenvalue weighted by molar-refractivity contribution is -0.202. The van der Waals surface area contributed by atoms with E-state index in [-0.39, 0.29) is 6.54 Å². The largest absolute Gasteiger partial charge is 0.415 e. The first-order chi connectivity index (χ1) is 7.29. The Labute approximate surface area is 91.5 Å². The van der Waals surface area contributed by atoms with Gasteiger partial charge in [-0.05, 0) is 6.92 Å². The number of hydrogen-bond donors (Lipinski definition) is 3. The van der Waals surface area contributed by atoms with Gasteiger partial charge in [-0.2, -0.15) is 13.2 Å². The summed E-state index contributed by atoms with van der Waals surface area (Å²) in [6.07, 6.45) is -5.69. The molecule has 2 atom stereocenters. The van der Waals surface area contributed by atoms with Gasteiger partial charge >= 0.3 is 6.18 Å². The average molecular weight is 240 g/mol. The topological polar surface area (TPSA) is 61.4 Å². The molecule has 0 aromatic carbocycles. The van der Waals surface area contributed by atoms with Crippen LogP contribution in [0.2, 0.25) is 0 Å². The number of carbonyl (C=O) groups excluding carboxylic acids is 1. The van der Waals surface area contributed by atoms with Gasteiger partial charge in [-0.1, -0.05) is 6.08 Å². The zero-order valence-corrected chi connectivity index (χ0v) is 8.84. The first kappa shape index (κ1) is 14.9. The van der Waals surface area contributed by atoms with Crippen molar-refractivity contribution in [3.05, 3.63) is 12.7 Å². The third-order valence-electron chi connectivity index (χ3n) is 1.81. The van der Waals surface area contributed by atoms with Gasteiger partial charge in [-0.15, -0.1) is 6.58 Å². The van der Waals surface area contributed by atoms with Gasteiger partial charge in [0.2, 0.25) is 5.91 Å². The Hall–Kier alpha value is -1.08. The lowest BCUT2D eigenvalue weighted by atomic mass is 10.2. The third kappa shape index (κ3) is 5.72. The van der Waals surface area contributed by atoms with Gasteiger partial charge in [0.15, 0.2) is 6.10 Å². The van der Waals surface area contributed by atoms with Crippen LogP contribution in [0.1, 0.15) is 6.92 Å². The maximum Gasteiger partial charge on any atom is 0.415 e. The molecule has 16 heavy (non-hydrogen) atoms. The molecule has 0 aromatic heterocycles. The van der Waals surface area contributed by atoms with Crippen LogP contribution in [-0.4, -0.2) is 42.4 Å². The molecule has 3 N–H and O–H groups in total. The summed E-state index contributed by atoms with van der Waals surface area (Å²) in [6.45, 7) is 4.31. The molecule has 0 spiro atoms. The van der Waals surface area contributed by atoms with Crippen molar-refractivity contribution in [1.29, 1.82) is 0 Å². The van der Waals surface area contributed by atoms with E-state index < -0.39 is 30.8 Å². The molecule has 0 aliphatic rings. The number of amides is 1. The number of carbonyl (C=O) groups is 1. The molecule has 0 aliphatic carbocycles. The summed E-state index contributed by atoms with van der Waals surface area (Å²) in [6, 6.07) is -0.808. The smallest absolute Gasteiger partial charge is 0.382 e. The summed E-state index contributed by atoms with van der Waals surface area (Å²) in [5.74, 6) is -0.450. The summed E-state index contributed by atoms with van der Waals surface area (Å²) in [4.78, 5) is 11.2. The van der Waals surface area contributed by atoms with Crippen molar-refractivity contribution in [3.8, 4) is 0 Å². The van der Waals surface area contributed by atoms with Crippen LogP contribution < -0.4 is 10.6 Å². The number of hydrogen-bond acceptors (Lipinski definition) is 3. The standard InChI is InChI=1S/C9H15F3N2O2/c1-3-4-13-8(16)6(2)14-5-7(15)9(10,11)12/h3,6-7,14-15H,1,4-5H2,2H3,(H,13,16). The van der Waals surface area contributed by atoms with E-state index in [4.69, 9.17) is 5.11 Å². The van der Waals surface area contributed by atoms with Crippen molar-refractivity contribution < 1.29 is 23.1 Å². The molecule has 0 aromatic rings. The van der Waals surface area contributed by atoms with E-state index in [2.05, 4.69) is 17.2 Å². The van der Waals surface area contributed by atoms with Gasteiger partial charge in [-0.3, -0.25) is 4.79 Å². The van der Waals surface area contributed by atoms with E-state index in [1.54, 1.807) is 0 Å². The maximum atomic E-state index is 11.9. The Bertz CT molecular complexity index is 243. The van der Waals surface area contributed by atoms with Crippen molar-refractivity contribution >= 4 is 5.91 Å². The Kier molecular flexibility index (Phi) is 6.05. The molecule has 7 heteroatoms. The fraction of sp³-hybridized carbons (Fsp3) is 0.667. The highest BCUT2D eigenvalue weighted by molar-refractivity contribution is 5.81. The van der Waals surface area contributed by atoms with Crippen LogP contribution in [-0.2, 0) is 4.79 Å². The third-order valence-corrected chi connectivity index (χ3v) is 1.81. The number of rotatable bonds is 6. The van der Waals surface area contributed by atoms with Crippen molar-refractivity contribution in [2.45, 2.75) is 25.2 Å². The van der Waals surface area contributed by atoms with Gasteiger partial charge in [-0.25, -0.2) is 0 Å². The van der Waals surface area contributed by atoms with Crippen molar-refractivity contribution in [2.75, 3.05) is 13.1 Å². The van der Waals surface area contributed by atoms with E-state index in [0.717, 1.165) is 0 Å². The molecule has 1 amide bonds. The van der Waals surface area contributed by atoms with E-state index >= 15 is 0 Å². The highest BCUT2D eigenvalue weighted by Gasteiger charge is 2.38. The van der Waals surface area contributed by atoms with Crippen LogP contribution in [0, 0.1) is 0 Å². The molecule has 0 heterocycles. The number of aliphatic hydroxyl groups excluding tert-OH is 1. The highest BCUT2D eigenvalue weighted by atomic mass is 19.4. The normalized spacial score (nSPS) is 15.3. The van der Waals surface area contributed by atoms with Crippen LogP contribution in [0.5, 0.6) is 0 Å². The molecular formula is C9H15F3N2O2. The van der Waals surface area contributed by atoms with Crippen LogP contribution >= 0.6 is 0 Å². The second kappa shape index (κ2) is 6.49. The Balaban J connectivity index is 3.93. The average Bonchev–Trinajstić information content (AvgIpc) is 2.20. The van der Waals surface area contributed by atoms with Crippen LogP contribution in [0.3, 0.4) is 0 Å².